The van der Waals surface area contributed by atoms with Gasteiger partial charge in [-0.2, -0.15) is 10.2 Å². The molecule has 3 aromatic heterocycles. The van der Waals surface area contributed by atoms with Crippen molar-refractivity contribution < 1.29 is 4.74 Å². The first-order valence-electron chi connectivity index (χ1n) is 11.4. The molecule has 0 amide bonds. The second-order valence-corrected chi connectivity index (χ2v) is 9.41. The molecule has 0 aliphatic carbocycles. The maximum atomic E-state index is 6.42. The van der Waals surface area contributed by atoms with Gasteiger partial charge in [0, 0.05) is 60.2 Å². The summed E-state index contributed by atoms with van der Waals surface area (Å²) in [5, 5.41) is 9.60. The van der Waals surface area contributed by atoms with Gasteiger partial charge >= 0.3 is 0 Å². The highest BCUT2D eigenvalue weighted by Crippen LogP contribution is 2.38. The van der Waals surface area contributed by atoms with Gasteiger partial charge in [-0.05, 0) is 25.8 Å². The lowest BCUT2D eigenvalue weighted by Crippen LogP contribution is -2.11. The van der Waals surface area contributed by atoms with E-state index >= 15 is 0 Å². The fourth-order valence-corrected chi connectivity index (χ4v) is 4.64. The van der Waals surface area contributed by atoms with E-state index in [1.165, 1.54) is 5.56 Å². The standard InChI is InChI=1S/C26H30N6O/c1-15(2)13-32-25-18(12-29-32)9-20-14-31(5)30-24(20)21-7-6-16(3)8-22(21)17(4)33-23-10-19(25)11-28-26(23)27/h6-8,10-12,14-15,17H,9,13H2,1-5H3,(H2,27,28). The molecule has 1 aromatic carbocycles. The number of pyridine rings is 1. The van der Waals surface area contributed by atoms with E-state index in [4.69, 9.17) is 20.7 Å². The minimum Gasteiger partial charge on any atom is -0.482 e. The quantitative estimate of drug-likeness (QED) is 0.476. The van der Waals surface area contributed by atoms with Gasteiger partial charge in [-0.25, -0.2) is 4.98 Å². The fourth-order valence-electron chi connectivity index (χ4n) is 4.64. The normalized spacial score (nSPS) is 15.2. The molecule has 0 saturated carbocycles. The molecular formula is C26H30N6O. The number of nitrogens with two attached hydrogens (primary N) is 1. The first kappa shape index (κ1) is 21.2. The van der Waals surface area contributed by atoms with E-state index in [1.54, 1.807) is 0 Å². The van der Waals surface area contributed by atoms with Gasteiger partial charge in [0.25, 0.3) is 0 Å². The molecule has 33 heavy (non-hydrogen) atoms. The first-order chi connectivity index (χ1) is 15.8. The fraction of sp³-hybridized carbons (Fsp3) is 0.346. The van der Waals surface area contributed by atoms with Crippen LogP contribution in [0.3, 0.4) is 0 Å². The monoisotopic (exact) mass is 442 g/mol. The van der Waals surface area contributed by atoms with Crippen molar-refractivity contribution in [2.75, 3.05) is 5.73 Å². The summed E-state index contributed by atoms with van der Waals surface area (Å²) in [7, 11) is 1.97. The SMILES string of the molecule is Cc1ccc2c(c1)C(C)Oc1cc(cnc1N)-c1c(cnn1CC(C)C)Cc1cn(C)nc1-2. The van der Waals surface area contributed by atoms with Gasteiger partial charge in [0.1, 0.15) is 6.10 Å². The Bertz CT molecular complexity index is 1330. The number of hydrogen-bond donors (Lipinski definition) is 1. The van der Waals surface area contributed by atoms with Gasteiger partial charge in [0.15, 0.2) is 11.6 Å². The largest absolute Gasteiger partial charge is 0.482 e. The molecule has 1 aliphatic heterocycles. The lowest BCUT2D eigenvalue weighted by Gasteiger charge is -2.21. The number of aryl methyl sites for hydroxylation is 2. The highest BCUT2D eigenvalue weighted by Gasteiger charge is 2.24. The van der Waals surface area contributed by atoms with Crippen LogP contribution in [0.25, 0.3) is 22.5 Å². The number of rotatable bonds is 2. The van der Waals surface area contributed by atoms with Crippen molar-refractivity contribution in [3.05, 3.63) is 65.1 Å². The molecule has 0 fully saturated rings. The van der Waals surface area contributed by atoms with Crippen molar-refractivity contribution in [3.8, 4) is 28.3 Å². The zero-order chi connectivity index (χ0) is 23.3. The molecule has 170 valence electrons. The molecule has 0 radical (unpaired) electrons. The van der Waals surface area contributed by atoms with Crippen LogP contribution in [0, 0.1) is 12.8 Å². The molecule has 0 spiro atoms. The summed E-state index contributed by atoms with van der Waals surface area (Å²) in [6, 6.07) is 8.43. The van der Waals surface area contributed by atoms with Crippen molar-refractivity contribution in [2.45, 2.75) is 46.8 Å². The number of nitrogens with zero attached hydrogens (tertiary/aromatic N) is 5. The van der Waals surface area contributed by atoms with Crippen LogP contribution in [-0.4, -0.2) is 24.5 Å². The number of fused-ring (bicyclic) bond motifs is 7. The molecule has 7 heteroatoms. The van der Waals surface area contributed by atoms with E-state index in [0.717, 1.165) is 52.2 Å². The molecular weight excluding hydrogens is 412 g/mol. The Morgan fingerprint density at radius 1 is 1.18 bits per heavy atom. The lowest BCUT2D eigenvalue weighted by molar-refractivity contribution is 0.228. The molecule has 1 aliphatic rings. The van der Waals surface area contributed by atoms with Crippen molar-refractivity contribution >= 4 is 5.82 Å². The van der Waals surface area contributed by atoms with Crippen LogP contribution >= 0.6 is 0 Å². The summed E-state index contributed by atoms with van der Waals surface area (Å²) in [5.41, 5.74) is 14.8. The van der Waals surface area contributed by atoms with Gasteiger partial charge in [-0.3, -0.25) is 9.36 Å². The number of anilines is 1. The Morgan fingerprint density at radius 2 is 2.00 bits per heavy atom. The summed E-state index contributed by atoms with van der Waals surface area (Å²) in [6.45, 7) is 9.34. The van der Waals surface area contributed by atoms with Crippen LogP contribution < -0.4 is 10.5 Å². The van der Waals surface area contributed by atoms with E-state index in [0.29, 0.717) is 17.5 Å². The maximum Gasteiger partial charge on any atom is 0.166 e. The second-order valence-electron chi connectivity index (χ2n) is 9.41. The minimum atomic E-state index is -0.228. The maximum absolute atomic E-state index is 6.42. The van der Waals surface area contributed by atoms with Crippen molar-refractivity contribution in [1.29, 1.82) is 0 Å². The smallest absolute Gasteiger partial charge is 0.166 e. The summed E-state index contributed by atoms with van der Waals surface area (Å²) < 4.78 is 10.4. The van der Waals surface area contributed by atoms with Crippen LogP contribution in [0.1, 0.15) is 49.1 Å². The van der Waals surface area contributed by atoms with E-state index in [1.807, 2.05) is 37.1 Å². The number of ether oxygens (including phenoxy) is 1. The molecule has 1 unspecified atom stereocenters. The Hall–Kier alpha value is -3.61. The average molecular weight is 443 g/mol. The Kier molecular flexibility index (Phi) is 5.19. The number of benzene rings is 1. The van der Waals surface area contributed by atoms with Gasteiger partial charge < -0.3 is 10.5 Å². The molecule has 2 N–H and O–H groups in total. The van der Waals surface area contributed by atoms with E-state index in [2.05, 4.69) is 54.8 Å². The number of hydrogen-bond acceptors (Lipinski definition) is 5. The summed E-state index contributed by atoms with van der Waals surface area (Å²) in [5.74, 6) is 1.42. The van der Waals surface area contributed by atoms with Crippen LogP contribution in [0.2, 0.25) is 0 Å². The van der Waals surface area contributed by atoms with E-state index < -0.39 is 0 Å². The van der Waals surface area contributed by atoms with Crippen LogP contribution in [0.5, 0.6) is 5.75 Å². The zero-order valence-electron chi connectivity index (χ0n) is 19.8. The van der Waals surface area contributed by atoms with Crippen LogP contribution in [0.4, 0.5) is 5.82 Å². The van der Waals surface area contributed by atoms with Gasteiger partial charge in [-0.1, -0.05) is 37.6 Å². The molecule has 4 heterocycles. The first-order valence-corrected chi connectivity index (χ1v) is 11.4. The molecule has 2 bridgehead atoms. The number of nitrogen functional groups attached to an aromatic ring is 1. The van der Waals surface area contributed by atoms with Crippen molar-refractivity contribution in [1.82, 2.24) is 24.5 Å². The average Bonchev–Trinajstić information content (AvgIpc) is 3.31. The third-order valence-corrected chi connectivity index (χ3v) is 6.10. The predicted molar refractivity (Wildman–Crippen MR) is 130 cm³/mol. The van der Waals surface area contributed by atoms with Gasteiger partial charge in [-0.15, -0.1) is 0 Å². The van der Waals surface area contributed by atoms with E-state index in [9.17, 15) is 0 Å². The topological polar surface area (TPSA) is 83.8 Å². The second kappa shape index (κ2) is 8.06. The predicted octanol–water partition coefficient (Wildman–Crippen LogP) is 4.94. The zero-order valence-corrected chi connectivity index (χ0v) is 19.8. The van der Waals surface area contributed by atoms with Crippen LogP contribution in [0.15, 0.2) is 42.9 Å². The third kappa shape index (κ3) is 3.88. The summed E-state index contributed by atoms with van der Waals surface area (Å²) in [4.78, 5) is 4.48. The van der Waals surface area contributed by atoms with E-state index in [-0.39, 0.29) is 6.10 Å². The molecule has 1 atom stereocenters. The van der Waals surface area contributed by atoms with Crippen molar-refractivity contribution in [3.63, 3.8) is 0 Å². The third-order valence-electron chi connectivity index (χ3n) is 6.10. The number of aromatic nitrogens is 5. The molecule has 4 aromatic rings. The highest BCUT2D eigenvalue weighted by molar-refractivity contribution is 5.72. The van der Waals surface area contributed by atoms with Gasteiger partial charge in [0.2, 0.25) is 0 Å². The molecule has 7 nitrogen and oxygen atoms in total. The summed E-state index contributed by atoms with van der Waals surface area (Å²) >= 11 is 0. The summed E-state index contributed by atoms with van der Waals surface area (Å²) in [6.07, 6.45) is 6.38. The molecule has 5 rings (SSSR count). The van der Waals surface area contributed by atoms with Gasteiger partial charge in [0.05, 0.1) is 17.6 Å². The Balaban J connectivity index is 1.78. The van der Waals surface area contributed by atoms with Crippen LogP contribution in [-0.2, 0) is 20.0 Å². The highest BCUT2D eigenvalue weighted by atomic mass is 16.5. The van der Waals surface area contributed by atoms with Crippen molar-refractivity contribution in [2.24, 2.45) is 13.0 Å². The lowest BCUT2D eigenvalue weighted by atomic mass is 9.93. The minimum absolute atomic E-state index is 0.228. The Morgan fingerprint density at radius 3 is 2.79 bits per heavy atom. The molecule has 0 saturated heterocycles. The Labute approximate surface area is 194 Å².